The van der Waals surface area contributed by atoms with Crippen molar-refractivity contribution in [2.45, 2.75) is 6.61 Å². The first-order chi connectivity index (χ1) is 14.8. The fourth-order valence-corrected chi connectivity index (χ4v) is 3.97. The van der Waals surface area contributed by atoms with E-state index in [9.17, 15) is 14.4 Å². The monoisotopic (exact) mass is 459 g/mol. The average molecular weight is 460 g/mol. The predicted molar refractivity (Wildman–Crippen MR) is 119 cm³/mol. The topological polar surface area (TPSA) is 93.1 Å². The molecule has 2 aromatic rings. The molecule has 1 saturated heterocycles. The van der Waals surface area contributed by atoms with E-state index in [1.54, 1.807) is 30.3 Å². The Bertz CT molecular complexity index is 1100. The lowest BCUT2D eigenvalue weighted by Gasteiger charge is -2.14. The number of carbonyl (C=O) groups excluding carboxylic acids is 2. The Morgan fingerprint density at radius 2 is 2.06 bits per heavy atom. The number of hydrogen-bond acceptors (Lipinski definition) is 6. The molecule has 2 amide bonds. The zero-order valence-electron chi connectivity index (χ0n) is 16.5. The van der Waals surface area contributed by atoms with E-state index < -0.39 is 11.9 Å². The lowest BCUT2D eigenvalue weighted by Crippen LogP contribution is -2.27. The number of amides is 2. The van der Waals surface area contributed by atoms with E-state index in [1.165, 1.54) is 25.3 Å². The van der Waals surface area contributed by atoms with Crippen LogP contribution >= 0.6 is 23.4 Å². The highest BCUT2D eigenvalue weighted by Crippen LogP contribution is 2.39. The Kier molecular flexibility index (Phi) is 7.04. The second-order valence-electron chi connectivity index (χ2n) is 6.41. The molecule has 9 heteroatoms. The highest BCUT2D eigenvalue weighted by molar-refractivity contribution is 8.18. The third kappa shape index (κ3) is 5.10. The summed E-state index contributed by atoms with van der Waals surface area (Å²) >= 11 is 7.22. The third-order valence-corrected chi connectivity index (χ3v) is 5.48. The molecule has 0 spiro atoms. The van der Waals surface area contributed by atoms with E-state index in [0.29, 0.717) is 16.9 Å². The molecule has 1 N–H and O–H groups in total. The molecule has 1 heterocycles. The fraction of sp³-hybridized carbons (Fsp3) is 0.136. The van der Waals surface area contributed by atoms with Crippen molar-refractivity contribution < 1.29 is 29.0 Å². The Balaban J connectivity index is 1.83. The Morgan fingerprint density at radius 3 is 2.74 bits per heavy atom. The second kappa shape index (κ2) is 9.72. The van der Waals surface area contributed by atoms with Gasteiger partial charge in [0.05, 0.1) is 22.6 Å². The van der Waals surface area contributed by atoms with Crippen molar-refractivity contribution in [1.82, 2.24) is 4.90 Å². The number of ether oxygens (including phenoxy) is 2. The van der Waals surface area contributed by atoms with Crippen LogP contribution in [0.3, 0.4) is 0 Å². The van der Waals surface area contributed by atoms with Gasteiger partial charge in [0.1, 0.15) is 6.61 Å². The van der Waals surface area contributed by atoms with Crippen LogP contribution in [0.25, 0.3) is 6.08 Å². The highest BCUT2D eigenvalue weighted by Gasteiger charge is 2.34. The van der Waals surface area contributed by atoms with Crippen molar-refractivity contribution in [3.8, 4) is 11.5 Å². The van der Waals surface area contributed by atoms with Crippen molar-refractivity contribution in [1.29, 1.82) is 0 Å². The van der Waals surface area contributed by atoms with Gasteiger partial charge >= 0.3 is 5.97 Å². The molecular weight excluding hydrogens is 442 g/mol. The summed E-state index contributed by atoms with van der Waals surface area (Å²) < 4.78 is 11.1. The SMILES string of the molecule is C=CCN1C(=O)SC(=Cc2cc(Cl)c(OCc3cccc(C(=O)O)c3)c(OC)c2)C1=O. The zero-order valence-corrected chi connectivity index (χ0v) is 18.0. The van der Waals surface area contributed by atoms with Crippen molar-refractivity contribution in [3.05, 3.63) is 75.7 Å². The second-order valence-corrected chi connectivity index (χ2v) is 7.81. The maximum atomic E-state index is 12.4. The number of methoxy groups -OCH3 is 1. The van der Waals surface area contributed by atoms with Crippen LogP contribution in [0.4, 0.5) is 4.79 Å². The molecule has 160 valence electrons. The summed E-state index contributed by atoms with van der Waals surface area (Å²) in [5, 5.41) is 8.99. The molecule has 0 bridgehead atoms. The van der Waals surface area contributed by atoms with Crippen LogP contribution in [0.2, 0.25) is 5.02 Å². The smallest absolute Gasteiger partial charge is 0.335 e. The maximum absolute atomic E-state index is 12.4. The first-order valence-corrected chi connectivity index (χ1v) is 10.2. The minimum atomic E-state index is -1.03. The maximum Gasteiger partial charge on any atom is 0.335 e. The van der Waals surface area contributed by atoms with Gasteiger partial charge in [-0.15, -0.1) is 6.58 Å². The fourth-order valence-electron chi connectivity index (χ4n) is 2.85. The zero-order chi connectivity index (χ0) is 22.5. The van der Waals surface area contributed by atoms with Crippen molar-refractivity contribution in [2.24, 2.45) is 0 Å². The average Bonchev–Trinajstić information content (AvgIpc) is 3.00. The number of halogens is 1. The van der Waals surface area contributed by atoms with Gasteiger partial charge in [0, 0.05) is 6.54 Å². The molecule has 0 atom stereocenters. The van der Waals surface area contributed by atoms with E-state index in [-0.39, 0.29) is 39.6 Å². The number of thioether (sulfide) groups is 1. The van der Waals surface area contributed by atoms with Gasteiger partial charge in [-0.1, -0.05) is 29.8 Å². The van der Waals surface area contributed by atoms with E-state index >= 15 is 0 Å². The van der Waals surface area contributed by atoms with Gasteiger partial charge in [0.2, 0.25) is 0 Å². The number of benzene rings is 2. The molecule has 2 aromatic carbocycles. The molecule has 0 saturated carbocycles. The molecule has 0 unspecified atom stereocenters. The largest absolute Gasteiger partial charge is 0.493 e. The lowest BCUT2D eigenvalue weighted by molar-refractivity contribution is -0.122. The van der Waals surface area contributed by atoms with Gasteiger partial charge in [-0.2, -0.15) is 0 Å². The molecule has 0 aromatic heterocycles. The standard InChI is InChI=1S/C22H18ClNO6S/c1-3-7-24-20(25)18(31-22(24)28)11-14-9-16(23)19(17(10-14)29-2)30-12-13-5-4-6-15(8-13)21(26)27/h3-6,8-11H,1,7,12H2,2H3,(H,26,27). The summed E-state index contributed by atoms with van der Waals surface area (Å²) in [6.45, 7) is 3.77. The number of hydrogen-bond donors (Lipinski definition) is 1. The van der Waals surface area contributed by atoms with Crippen LogP contribution in [0.1, 0.15) is 21.5 Å². The minimum absolute atomic E-state index is 0.0803. The lowest BCUT2D eigenvalue weighted by atomic mass is 10.1. The molecule has 3 rings (SSSR count). The first kappa shape index (κ1) is 22.5. The number of carboxylic acid groups (broad SMARTS) is 1. The van der Waals surface area contributed by atoms with Crippen LogP contribution in [-0.2, 0) is 11.4 Å². The summed E-state index contributed by atoms with van der Waals surface area (Å²) in [4.78, 5) is 36.9. The van der Waals surface area contributed by atoms with Gasteiger partial charge < -0.3 is 14.6 Å². The first-order valence-electron chi connectivity index (χ1n) is 9.03. The summed E-state index contributed by atoms with van der Waals surface area (Å²) in [7, 11) is 1.45. The van der Waals surface area contributed by atoms with Gasteiger partial charge in [0.25, 0.3) is 11.1 Å². The normalized spacial score (nSPS) is 14.8. The number of nitrogens with zero attached hydrogens (tertiary/aromatic N) is 1. The van der Waals surface area contributed by atoms with E-state index in [1.807, 2.05) is 0 Å². The summed E-state index contributed by atoms with van der Waals surface area (Å²) in [5.74, 6) is -0.816. The Labute approximate surface area is 187 Å². The van der Waals surface area contributed by atoms with Crippen molar-refractivity contribution >= 4 is 46.6 Å². The minimum Gasteiger partial charge on any atom is -0.493 e. The van der Waals surface area contributed by atoms with Gasteiger partial charge in [0.15, 0.2) is 11.5 Å². The van der Waals surface area contributed by atoms with Crippen LogP contribution in [-0.4, -0.2) is 40.8 Å². The number of carboxylic acids is 1. The molecular formula is C22H18ClNO6S. The summed E-state index contributed by atoms with van der Waals surface area (Å²) in [6, 6.07) is 9.59. The predicted octanol–water partition coefficient (Wildman–Crippen LogP) is 4.85. The third-order valence-electron chi connectivity index (χ3n) is 4.29. The molecule has 7 nitrogen and oxygen atoms in total. The van der Waals surface area contributed by atoms with Crippen LogP contribution in [0, 0.1) is 0 Å². The van der Waals surface area contributed by atoms with Gasteiger partial charge in [-0.25, -0.2) is 4.79 Å². The molecule has 31 heavy (non-hydrogen) atoms. The van der Waals surface area contributed by atoms with Gasteiger partial charge in [-0.05, 0) is 53.2 Å². The Hall–Kier alpha value is -3.23. The summed E-state index contributed by atoms with van der Waals surface area (Å²) in [5.41, 5.74) is 1.36. The van der Waals surface area contributed by atoms with E-state index in [0.717, 1.165) is 16.7 Å². The van der Waals surface area contributed by atoms with E-state index in [4.69, 9.17) is 26.2 Å². The van der Waals surface area contributed by atoms with Crippen LogP contribution < -0.4 is 9.47 Å². The van der Waals surface area contributed by atoms with Crippen LogP contribution in [0.15, 0.2) is 54.0 Å². The Morgan fingerprint density at radius 1 is 1.29 bits per heavy atom. The number of carbonyl (C=O) groups is 3. The molecule has 1 fully saturated rings. The van der Waals surface area contributed by atoms with Gasteiger partial charge in [-0.3, -0.25) is 14.5 Å². The number of imide groups is 1. The van der Waals surface area contributed by atoms with Crippen molar-refractivity contribution in [3.63, 3.8) is 0 Å². The highest BCUT2D eigenvalue weighted by atomic mass is 35.5. The quantitative estimate of drug-likeness (QED) is 0.445. The van der Waals surface area contributed by atoms with E-state index in [2.05, 4.69) is 6.58 Å². The molecule has 0 aliphatic carbocycles. The summed E-state index contributed by atoms with van der Waals surface area (Å²) in [6.07, 6.45) is 3.04. The number of aromatic carboxylic acids is 1. The van der Waals surface area contributed by atoms with Crippen molar-refractivity contribution in [2.75, 3.05) is 13.7 Å². The van der Waals surface area contributed by atoms with Crippen LogP contribution in [0.5, 0.6) is 11.5 Å². The molecule has 1 aliphatic heterocycles. The number of rotatable bonds is 8. The molecule has 1 aliphatic rings. The molecule has 0 radical (unpaired) electrons.